The molecule has 0 unspecified atom stereocenters. The van der Waals surface area contributed by atoms with E-state index in [1.165, 1.54) is 73.8 Å². The molecule has 0 amide bonds. The van der Waals surface area contributed by atoms with Gasteiger partial charge in [-0.2, -0.15) is 10.5 Å². The van der Waals surface area contributed by atoms with Crippen LogP contribution in [0.25, 0.3) is 44.4 Å². The van der Waals surface area contributed by atoms with Crippen molar-refractivity contribution in [2.45, 2.75) is 17.7 Å². The van der Waals surface area contributed by atoms with Crippen LogP contribution in [0.5, 0.6) is 0 Å². The van der Waals surface area contributed by atoms with Gasteiger partial charge in [0.1, 0.15) is 17.5 Å². The zero-order valence-corrected chi connectivity index (χ0v) is 26.3. The summed E-state index contributed by atoms with van der Waals surface area (Å²) in [6.07, 6.45) is -3.01. The van der Waals surface area contributed by atoms with Gasteiger partial charge in [0.25, 0.3) is 6.43 Å². The molecule has 0 aliphatic rings. The molecule has 6 aromatic rings. The summed E-state index contributed by atoms with van der Waals surface area (Å²) in [7, 11) is 1.17. The van der Waals surface area contributed by atoms with Crippen molar-refractivity contribution < 1.29 is 31.5 Å². The Morgan fingerprint density at radius 1 is 0.796 bits per heavy atom. The van der Waals surface area contributed by atoms with Crippen LogP contribution >= 0.6 is 11.9 Å². The highest BCUT2D eigenvalue weighted by Gasteiger charge is 2.26. The van der Waals surface area contributed by atoms with Crippen LogP contribution in [-0.2, 0) is 16.0 Å². The number of alkyl halides is 2. The van der Waals surface area contributed by atoms with Crippen molar-refractivity contribution in [2.75, 3.05) is 7.11 Å². The Bertz CT molecular complexity index is 2280. The molecule has 0 atom stereocenters. The summed E-state index contributed by atoms with van der Waals surface area (Å²) in [4.78, 5) is 12.3. The van der Waals surface area contributed by atoms with E-state index in [-0.39, 0.29) is 45.4 Å². The van der Waals surface area contributed by atoms with Crippen LogP contribution in [0.3, 0.4) is 0 Å². The largest absolute Gasteiger partial charge is 0.469 e. The van der Waals surface area contributed by atoms with Gasteiger partial charge >= 0.3 is 5.97 Å². The number of halogens is 5. The fraction of sp³-hybridized carbons (Fsp3) is 0.0789. The minimum atomic E-state index is -2.68. The normalized spacial score (nSPS) is 11.0. The number of fused-ring (bicyclic) bond motifs is 1. The van der Waals surface area contributed by atoms with Gasteiger partial charge < -0.3 is 4.74 Å². The van der Waals surface area contributed by atoms with Crippen LogP contribution < -0.4 is 0 Å². The van der Waals surface area contributed by atoms with Gasteiger partial charge in [0, 0.05) is 32.5 Å². The Hall–Kier alpha value is -5.91. The van der Waals surface area contributed by atoms with E-state index >= 15 is 8.78 Å². The Morgan fingerprint density at radius 2 is 1.43 bits per heavy atom. The molecular formula is C38H22F5N3O2S. The number of methoxy groups -OCH3 is 1. The van der Waals surface area contributed by atoms with E-state index in [1.54, 1.807) is 22.2 Å². The first-order valence-corrected chi connectivity index (χ1v) is 15.4. The number of carbonyl (C=O) groups is 1. The number of esters is 1. The van der Waals surface area contributed by atoms with E-state index in [0.717, 1.165) is 24.1 Å². The highest BCUT2D eigenvalue weighted by molar-refractivity contribution is 7.98. The van der Waals surface area contributed by atoms with Gasteiger partial charge in [0.05, 0.1) is 53.6 Å². The molecule has 6 rings (SSSR count). The van der Waals surface area contributed by atoms with E-state index in [0.29, 0.717) is 32.6 Å². The topological polar surface area (TPSA) is 78.8 Å². The van der Waals surface area contributed by atoms with Gasteiger partial charge in [-0.1, -0.05) is 36.4 Å². The van der Waals surface area contributed by atoms with Crippen LogP contribution in [0.4, 0.5) is 22.0 Å². The fourth-order valence-electron chi connectivity index (χ4n) is 5.70. The third-order valence-electron chi connectivity index (χ3n) is 7.87. The minimum absolute atomic E-state index is 0.0811. The average Bonchev–Trinajstić information content (AvgIpc) is 3.39. The summed E-state index contributed by atoms with van der Waals surface area (Å²) >= 11 is 1.12. The number of nitriles is 2. The summed E-state index contributed by atoms with van der Waals surface area (Å²) in [5, 5.41) is 20.6. The molecule has 0 aliphatic heterocycles. The molecule has 0 radical (unpaired) electrons. The molecule has 49 heavy (non-hydrogen) atoms. The summed E-state index contributed by atoms with van der Waals surface area (Å²) in [6.45, 7) is 0. The second-order valence-corrected chi connectivity index (χ2v) is 11.9. The molecule has 5 aromatic carbocycles. The SMILES string of the molecule is COC(=O)Cc1cc(F)c(-c2cccc(-c3c(-c4c(C#N)cccc4C#N)c4cc(F)ccc4n3Sc3ccc(C(F)F)cc3)c2)c(F)c1. The summed E-state index contributed by atoms with van der Waals surface area (Å²) in [5.41, 5.74) is 1.66. The molecule has 0 saturated heterocycles. The number of carbonyl (C=O) groups excluding carboxylic acids is 1. The molecule has 0 bridgehead atoms. The summed E-state index contributed by atoms with van der Waals surface area (Å²) in [5.74, 6) is -3.11. The van der Waals surface area contributed by atoms with E-state index in [4.69, 9.17) is 0 Å². The third-order valence-corrected chi connectivity index (χ3v) is 8.92. The molecule has 0 aliphatic carbocycles. The molecular weight excluding hydrogens is 657 g/mol. The van der Waals surface area contributed by atoms with E-state index in [9.17, 15) is 28.5 Å². The van der Waals surface area contributed by atoms with Crippen molar-refractivity contribution in [2.24, 2.45) is 0 Å². The van der Waals surface area contributed by atoms with Crippen LogP contribution in [0.2, 0.25) is 0 Å². The second kappa shape index (κ2) is 13.7. The number of hydrogen-bond donors (Lipinski definition) is 0. The Balaban J connectivity index is 1.65. The predicted octanol–water partition coefficient (Wildman–Crippen LogP) is 10.0. The van der Waals surface area contributed by atoms with E-state index < -0.39 is 29.8 Å². The molecule has 5 nitrogen and oxygen atoms in total. The predicted molar refractivity (Wildman–Crippen MR) is 176 cm³/mol. The second-order valence-electron chi connectivity index (χ2n) is 10.9. The van der Waals surface area contributed by atoms with Crippen LogP contribution in [0.15, 0.2) is 102 Å². The zero-order valence-electron chi connectivity index (χ0n) is 25.5. The molecule has 1 heterocycles. The first-order valence-electron chi connectivity index (χ1n) is 14.6. The van der Waals surface area contributed by atoms with Crippen LogP contribution in [0.1, 0.15) is 28.7 Å². The number of benzene rings is 5. The molecule has 1 aromatic heterocycles. The lowest BCUT2D eigenvalue weighted by Crippen LogP contribution is -2.06. The fourth-order valence-corrected chi connectivity index (χ4v) is 6.71. The molecule has 0 fully saturated rings. The quantitative estimate of drug-likeness (QED) is 0.118. The molecule has 11 heteroatoms. The van der Waals surface area contributed by atoms with Crippen LogP contribution in [0, 0.1) is 40.1 Å². The number of aromatic nitrogens is 1. The Kier molecular flexibility index (Phi) is 9.21. The van der Waals surface area contributed by atoms with Crippen molar-refractivity contribution >= 4 is 28.8 Å². The zero-order chi connectivity index (χ0) is 34.8. The maximum absolute atomic E-state index is 15.5. The smallest absolute Gasteiger partial charge is 0.309 e. The standard InChI is InChI=1S/C38H22F5N3O2S/c1-48-33(47)16-21-14-30(40)35(31(41)15-21)23-4-2-5-24(17-23)37-36(34-25(19-44)6-3-7-26(34)20-45)29-18-27(39)10-13-32(29)46(37)49-28-11-8-22(9-12-28)38(42)43/h2-15,17-18,38H,16H2,1H3. The summed E-state index contributed by atoms with van der Waals surface area (Å²) < 4.78 is 79.0. The van der Waals surface area contributed by atoms with Crippen molar-refractivity contribution in [1.29, 1.82) is 10.5 Å². The van der Waals surface area contributed by atoms with Gasteiger partial charge in [-0.25, -0.2) is 22.0 Å². The number of hydrogen-bond acceptors (Lipinski definition) is 5. The lowest BCUT2D eigenvalue weighted by Gasteiger charge is -2.15. The van der Waals surface area contributed by atoms with E-state index in [2.05, 4.69) is 16.9 Å². The molecule has 0 N–H and O–H groups in total. The van der Waals surface area contributed by atoms with Crippen molar-refractivity contribution in [3.8, 4) is 45.6 Å². The molecule has 0 saturated carbocycles. The van der Waals surface area contributed by atoms with Crippen molar-refractivity contribution in [3.63, 3.8) is 0 Å². The van der Waals surface area contributed by atoms with Gasteiger partial charge in [0.15, 0.2) is 0 Å². The monoisotopic (exact) mass is 679 g/mol. The molecule has 242 valence electrons. The molecule has 0 spiro atoms. The summed E-state index contributed by atoms with van der Waals surface area (Å²) in [6, 6.07) is 26.8. The highest BCUT2D eigenvalue weighted by atomic mass is 32.2. The first kappa shape index (κ1) is 33.0. The van der Waals surface area contributed by atoms with Crippen LogP contribution in [-0.4, -0.2) is 17.1 Å². The first-order chi connectivity index (χ1) is 23.6. The number of rotatable bonds is 8. The van der Waals surface area contributed by atoms with Gasteiger partial charge in [0.2, 0.25) is 0 Å². The number of ether oxygens (including phenoxy) is 1. The van der Waals surface area contributed by atoms with Gasteiger partial charge in [-0.05, 0) is 83.7 Å². The van der Waals surface area contributed by atoms with E-state index in [1.807, 2.05) is 0 Å². The lowest BCUT2D eigenvalue weighted by atomic mass is 9.90. The third kappa shape index (κ3) is 6.37. The van der Waals surface area contributed by atoms with Gasteiger partial charge in [-0.15, -0.1) is 0 Å². The van der Waals surface area contributed by atoms with Gasteiger partial charge in [-0.3, -0.25) is 8.77 Å². The highest BCUT2D eigenvalue weighted by Crippen LogP contribution is 2.47. The lowest BCUT2D eigenvalue weighted by molar-refractivity contribution is -0.139. The Morgan fingerprint density at radius 3 is 2.04 bits per heavy atom. The van der Waals surface area contributed by atoms with Crippen molar-refractivity contribution in [1.82, 2.24) is 3.97 Å². The Labute approximate surface area is 281 Å². The van der Waals surface area contributed by atoms with Crippen molar-refractivity contribution in [3.05, 3.63) is 137 Å². The average molecular weight is 680 g/mol. The maximum Gasteiger partial charge on any atom is 0.309 e. The number of nitrogens with zero attached hydrogens (tertiary/aromatic N) is 3. The maximum atomic E-state index is 15.5. The minimum Gasteiger partial charge on any atom is -0.469 e.